The van der Waals surface area contributed by atoms with Crippen molar-refractivity contribution in [1.29, 1.82) is 0 Å². The van der Waals surface area contributed by atoms with Crippen LogP contribution in [0.2, 0.25) is 0 Å². The summed E-state index contributed by atoms with van der Waals surface area (Å²) >= 11 is 0. The third-order valence-electron chi connectivity index (χ3n) is 5.12. The normalized spacial score (nSPS) is 16.8. The number of halogens is 1. The molecule has 2 aromatic rings. The monoisotopic (exact) mass is 384 g/mol. The first kappa shape index (κ1) is 20.0. The summed E-state index contributed by atoms with van der Waals surface area (Å²) in [7, 11) is 3.15. The van der Waals surface area contributed by atoms with Crippen molar-refractivity contribution in [1.82, 2.24) is 9.80 Å². The average Bonchev–Trinajstić information content (AvgIpc) is 3.17. The zero-order chi connectivity index (χ0) is 20.1. The summed E-state index contributed by atoms with van der Waals surface area (Å²) in [5.74, 6) is -0.550. The van der Waals surface area contributed by atoms with Crippen molar-refractivity contribution in [2.45, 2.75) is 32.0 Å². The van der Waals surface area contributed by atoms with Crippen LogP contribution in [-0.2, 0) is 22.6 Å². The van der Waals surface area contributed by atoms with E-state index in [1.165, 1.54) is 19.2 Å². The van der Waals surface area contributed by atoms with Gasteiger partial charge < -0.3 is 9.64 Å². The number of methoxy groups -OCH3 is 1. The highest BCUT2D eigenvalue weighted by Crippen LogP contribution is 2.22. The Kier molecular flexibility index (Phi) is 6.41. The molecule has 1 saturated heterocycles. The van der Waals surface area contributed by atoms with E-state index in [-0.39, 0.29) is 23.7 Å². The van der Waals surface area contributed by atoms with Crippen LogP contribution < -0.4 is 0 Å². The number of benzene rings is 2. The third-order valence-corrected chi connectivity index (χ3v) is 5.12. The SMILES string of the molecule is COC(=O)c1ccc(CN(C)C(=O)[C@H]2CCCN2Cc2ccc(F)cc2)cc1. The lowest BCUT2D eigenvalue weighted by Crippen LogP contribution is -2.43. The van der Waals surface area contributed by atoms with Gasteiger partial charge in [0.15, 0.2) is 0 Å². The molecule has 1 fully saturated rings. The first-order valence-corrected chi connectivity index (χ1v) is 9.38. The molecule has 6 heteroatoms. The van der Waals surface area contributed by atoms with Crippen LogP contribution in [0, 0.1) is 5.82 Å². The number of ether oxygens (including phenoxy) is 1. The molecular weight excluding hydrogens is 359 g/mol. The van der Waals surface area contributed by atoms with Gasteiger partial charge in [0.25, 0.3) is 0 Å². The maximum Gasteiger partial charge on any atom is 0.337 e. The van der Waals surface area contributed by atoms with E-state index >= 15 is 0 Å². The van der Waals surface area contributed by atoms with Crippen molar-refractivity contribution < 1.29 is 18.7 Å². The molecule has 1 aliphatic heterocycles. The largest absolute Gasteiger partial charge is 0.465 e. The zero-order valence-electron chi connectivity index (χ0n) is 16.2. The molecule has 3 rings (SSSR count). The van der Waals surface area contributed by atoms with E-state index in [0.717, 1.165) is 30.5 Å². The van der Waals surface area contributed by atoms with E-state index in [1.54, 1.807) is 36.2 Å². The van der Waals surface area contributed by atoms with Gasteiger partial charge in [-0.25, -0.2) is 9.18 Å². The van der Waals surface area contributed by atoms with E-state index < -0.39 is 0 Å². The van der Waals surface area contributed by atoms with Crippen molar-refractivity contribution in [3.05, 3.63) is 71.0 Å². The molecule has 5 nitrogen and oxygen atoms in total. The highest BCUT2D eigenvalue weighted by atomic mass is 19.1. The summed E-state index contributed by atoms with van der Waals surface area (Å²) in [5, 5.41) is 0. The predicted octanol–water partition coefficient (Wildman–Crippen LogP) is 3.24. The molecule has 2 aromatic carbocycles. The van der Waals surface area contributed by atoms with Gasteiger partial charge in [-0.1, -0.05) is 24.3 Å². The van der Waals surface area contributed by atoms with Gasteiger partial charge in [-0.05, 0) is 54.8 Å². The quantitative estimate of drug-likeness (QED) is 0.718. The minimum atomic E-state index is -0.377. The molecule has 0 N–H and O–H groups in total. The molecule has 0 saturated carbocycles. The number of carbonyl (C=O) groups is 2. The van der Waals surface area contributed by atoms with Crippen LogP contribution in [0.4, 0.5) is 4.39 Å². The van der Waals surface area contributed by atoms with E-state index in [2.05, 4.69) is 4.90 Å². The van der Waals surface area contributed by atoms with E-state index in [9.17, 15) is 14.0 Å². The summed E-state index contributed by atoms with van der Waals surface area (Å²) < 4.78 is 17.8. The molecule has 1 heterocycles. The van der Waals surface area contributed by atoms with Crippen LogP contribution in [-0.4, -0.2) is 48.4 Å². The smallest absolute Gasteiger partial charge is 0.337 e. The molecule has 148 valence electrons. The number of likely N-dealkylation sites (tertiary alicyclic amines) is 1. The second-order valence-electron chi connectivity index (χ2n) is 7.14. The Morgan fingerprint density at radius 1 is 1.11 bits per heavy atom. The number of carbonyl (C=O) groups excluding carboxylic acids is 2. The van der Waals surface area contributed by atoms with Gasteiger partial charge in [0.05, 0.1) is 18.7 Å². The molecule has 0 bridgehead atoms. The Balaban J connectivity index is 1.61. The molecule has 28 heavy (non-hydrogen) atoms. The van der Waals surface area contributed by atoms with Gasteiger partial charge in [0.1, 0.15) is 5.82 Å². The molecule has 1 amide bonds. The summed E-state index contributed by atoms with van der Waals surface area (Å²) in [6.45, 7) is 1.97. The van der Waals surface area contributed by atoms with Crippen LogP contribution in [0.1, 0.15) is 34.3 Å². The number of esters is 1. The molecule has 1 atom stereocenters. The molecule has 0 unspecified atom stereocenters. The van der Waals surface area contributed by atoms with Crippen LogP contribution in [0.25, 0.3) is 0 Å². The Morgan fingerprint density at radius 2 is 1.75 bits per heavy atom. The van der Waals surface area contributed by atoms with Crippen LogP contribution in [0.15, 0.2) is 48.5 Å². The Morgan fingerprint density at radius 3 is 2.39 bits per heavy atom. The highest BCUT2D eigenvalue weighted by molar-refractivity contribution is 5.89. The maximum absolute atomic E-state index is 13.1. The van der Waals surface area contributed by atoms with E-state index in [4.69, 9.17) is 4.74 Å². The number of hydrogen-bond donors (Lipinski definition) is 0. The predicted molar refractivity (Wildman–Crippen MR) is 104 cm³/mol. The number of hydrogen-bond acceptors (Lipinski definition) is 4. The summed E-state index contributed by atoms with van der Waals surface area (Å²) in [6.07, 6.45) is 1.80. The maximum atomic E-state index is 13.1. The molecule has 0 aliphatic carbocycles. The van der Waals surface area contributed by atoms with Crippen LogP contribution in [0.3, 0.4) is 0 Å². The highest BCUT2D eigenvalue weighted by Gasteiger charge is 2.32. The fraction of sp³-hybridized carbons (Fsp3) is 0.364. The molecule has 0 spiro atoms. The van der Waals surface area contributed by atoms with Crippen molar-refractivity contribution in [2.75, 3.05) is 20.7 Å². The minimum absolute atomic E-state index is 0.0802. The summed E-state index contributed by atoms with van der Waals surface area (Å²) in [6, 6.07) is 13.3. The second kappa shape index (κ2) is 8.97. The fourth-order valence-electron chi connectivity index (χ4n) is 3.59. The number of likely N-dealkylation sites (N-methyl/N-ethyl adjacent to an activating group) is 1. The molecule has 0 aromatic heterocycles. The lowest BCUT2D eigenvalue weighted by molar-refractivity contribution is -0.135. The fourth-order valence-corrected chi connectivity index (χ4v) is 3.59. The topological polar surface area (TPSA) is 49.9 Å². The Bertz CT molecular complexity index is 821. The minimum Gasteiger partial charge on any atom is -0.465 e. The van der Waals surface area contributed by atoms with Gasteiger partial charge in [-0.3, -0.25) is 9.69 Å². The zero-order valence-corrected chi connectivity index (χ0v) is 16.2. The van der Waals surface area contributed by atoms with Gasteiger partial charge >= 0.3 is 5.97 Å². The second-order valence-corrected chi connectivity index (χ2v) is 7.14. The summed E-state index contributed by atoms with van der Waals surface area (Å²) in [5.41, 5.74) is 2.44. The van der Waals surface area contributed by atoms with Gasteiger partial charge in [0, 0.05) is 20.1 Å². The Hall–Kier alpha value is -2.73. The third kappa shape index (κ3) is 4.75. The number of amides is 1. The van der Waals surface area contributed by atoms with Gasteiger partial charge in [-0.15, -0.1) is 0 Å². The molecule has 1 aliphatic rings. The van der Waals surface area contributed by atoms with E-state index in [1.807, 2.05) is 12.1 Å². The summed E-state index contributed by atoms with van der Waals surface area (Å²) in [4.78, 5) is 28.4. The lowest BCUT2D eigenvalue weighted by Gasteiger charge is -2.28. The Labute approximate surface area is 164 Å². The first-order chi connectivity index (χ1) is 13.5. The van der Waals surface area contributed by atoms with Gasteiger partial charge in [0.2, 0.25) is 5.91 Å². The van der Waals surface area contributed by atoms with Crippen molar-refractivity contribution >= 4 is 11.9 Å². The van der Waals surface area contributed by atoms with Crippen molar-refractivity contribution in [2.24, 2.45) is 0 Å². The standard InChI is InChI=1S/C22H25FN2O3/c1-24(14-16-5-9-18(10-6-16)22(27)28-2)21(26)20-4-3-13-25(20)15-17-7-11-19(23)12-8-17/h5-12,20H,3-4,13-15H2,1-2H3/t20-/m1/s1. The van der Waals surface area contributed by atoms with Crippen molar-refractivity contribution in [3.8, 4) is 0 Å². The average molecular weight is 384 g/mol. The molecule has 0 radical (unpaired) electrons. The van der Waals surface area contributed by atoms with Crippen LogP contribution >= 0.6 is 0 Å². The lowest BCUT2D eigenvalue weighted by atomic mass is 10.1. The first-order valence-electron chi connectivity index (χ1n) is 9.38. The van der Waals surface area contributed by atoms with Crippen molar-refractivity contribution in [3.63, 3.8) is 0 Å². The van der Waals surface area contributed by atoms with E-state index in [0.29, 0.717) is 18.7 Å². The van der Waals surface area contributed by atoms with Crippen LogP contribution in [0.5, 0.6) is 0 Å². The molecular formula is C22H25FN2O3. The number of rotatable bonds is 6. The van der Waals surface area contributed by atoms with Gasteiger partial charge in [-0.2, -0.15) is 0 Å². The number of nitrogens with zero attached hydrogens (tertiary/aromatic N) is 2.